The van der Waals surface area contributed by atoms with Crippen LogP contribution in [0.2, 0.25) is 0 Å². The van der Waals surface area contributed by atoms with Crippen LogP contribution in [0.25, 0.3) is 0 Å². The first-order valence-electron chi connectivity index (χ1n) is 9.70. The molecule has 2 amide bonds. The van der Waals surface area contributed by atoms with E-state index in [0.717, 1.165) is 50.8 Å². The maximum atomic E-state index is 12.6. The van der Waals surface area contributed by atoms with E-state index in [4.69, 9.17) is 0 Å². The number of hydrogen-bond donors (Lipinski definition) is 2. The Labute approximate surface area is 151 Å². The van der Waals surface area contributed by atoms with E-state index in [9.17, 15) is 9.59 Å². The Balaban J connectivity index is 1.84. The molecule has 4 heteroatoms. The first kappa shape index (κ1) is 19.5. The van der Waals surface area contributed by atoms with Gasteiger partial charge >= 0.3 is 0 Å². The van der Waals surface area contributed by atoms with E-state index in [2.05, 4.69) is 37.5 Å². The van der Waals surface area contributed by atoms with E-state index in [1.165, 1.54) is 5.56 Å². The standard InChI is InChI=1S/C21H32N2O2/c1-4-5-14-22-20(24)16-10-12-17(13-11-16)21(25)23-19-9-7-6-8-18(19)15(2)3/h6-9,15-17H,4-5,10-14H2,1-3H3,(H,22,24)(H,23,25). The Kier molecular flexibility index (Phi) is 7.48. The SMILES string of the molecule is CCCCNC(=O)C1CCC(C(=O)Nc2ccccc2C(C)C)CC1. The number of anilines is 1. The smallest absolute Gasteiger partial charge is 0.227 e. The number of benzene rings is 1. The van der Waals surface area contributed by atoms with Crippen LogP contribution in [0.1, 0.15) is 70.8 Å². The molecule has 1 aromatic carbocycles. The Morgan fingerprint density at radius 3 is 2.24 bits per heavy atom. The Bertz CT molecular complexity index is 575. The summed E-state index contributed by atoms with van der Waals surface area (Å²) in [7, 11) is 0. The summed E-state index contributed by atoms with van der Waals surface area (Å²) in [6, 6.07) is 8.00. The van der Waals surface area contributed by atoms with Crippen LogP contribution in [0, 0.1) is 11.8 Å². The summed E-state index contributed by atoms with van der Waals surface area (Å²) < 4.78 is 0. The number of hydrogen-bond acceptors (Lipinski definition) is 2. The lowest BCUT2D eigenvalue weighted by molar-refractivity contribution is -0.128. The van der Waals surface area contributed by atoms with Crippen molar-refractivity contribution in [3.05, 3.63) is 29.8 Å². The van der Waals surface area contributed by atoms with Gasteiger partial charge in [0.2, 0.25) is 11.8 Å². The zero-order valence-electron chi connectivity index (χ0n) is 15.8. The van der Waals surface area contributed by atoms with Crippen molar-refractivity contribution >= 4 is 17.5 Å². The summed E-state index contributed by atoms with van der Waals surface area (Å²) in [5.74, 6) is 0.721. The predicted octanol–water partition coefficient (Wildman–Crippen LogP) is 4.47. The van der Waals surface area contributed by atoms with E-state index in [-0.39, 0.29) is 23.7 Å². The lowest BCUT2D eigenvalue weighted by Crippen LogP contribution is -2.36. The summed E-state index contributed by atoms with van der Waals surface area (Å²) in [4.78, 5) is 24.8. The van der Waals surface area contributed by atoms with Crippen molar-refractivity contribution in [3.8, 4) is 0 Å². The monoisotopic (exact) mass is 344 g/mol. The van der Waals surface area contributed by atoms with Crippen LogP contribution in [0.4, 0.5) is 5.69 Å². The van der Waals surface area contributed by atoms with Gasteiger partial charge < -0.3 is 10.6 Å². The summed E-state index contributed by atoms with van der Waals surface area (Å²) in [6.07, 6.45) is 5.32. The Hall–Kier alpha value is -1.84. The van der Waals surface area contributed by atoms with E-state index in [1.54, 1.807) is 0 Å². The van der Waals surface area contributed by atoms with E-state index < -0.39 is 0 Å². The number of carbonyl (C=O) groups excluding carboxylic acids is 2. The first-order chi connectivity index (χ1) is 12.0. The van der Waals surface area contributed by atoms with Crippen molar-refractivity contribution in [2.24, 2.45) is 11.8 Å². The zero-order chi connectivity index (χ0) is 18.2. The molecular formula is C21H32N2O2. The normalized spacial score (nSPS) is 20.3. The molecule has 0 saturated heterocycles. The molecule has 0 atom stereocenters. The molecule has 2 rings (SSSR count). The van der Waals surface area contributed by atoms with Crippen molar-refractivity contribution in [3.63, 3.8) is 0 Å². The molecule has 1 fully saturated rings. The third kappa shape index (κ3) is 5.58. The maximum Gasteiger partial charge on any atom is 0.227 e. The van der Waals surface area contributed by atoms with Gasteiger partial charge in [0.25, 0.3) is 0 Å². The highest BCUT2D eigenvalue weighted by molar-refractivity contribution is 5.93. The fraction of sp³-hybridized carbons (Fsp3) is 0.619. The van der Waals surface area contributed by atoms with Gasteiger partial charge in [0.15, 0.2) is 0 Å². The van der Waals surface area contributed by atoms with Gasteiger partial charge in [0, 0.05) is 24.1 Å². The van der Waals surface area contributed by atoms with Crippen LogP contribution in [0.3, 0.4) is 0 Å². The number of rotatable bonds is 7. The number of para-hydroxylation sites is 1. The molecule has 0 unspecified atom stereocenters. The van der Waals surface area contributed by atoms with Crippen LogP contribution in [-0.2, 0) is 9.59 Å². The summed E-state index contributed by atoms with van der Waals surface area (Å²) in [5, 5.41) is 6.13. The first-order valence-corrected chi connectivity index (χ1v) is 9.70. The average molecular weight is 344 g/mol. The lowest BCUT2D eigenvalue weighted by Gasteiger charge is -2.27. The topological polar surface area (TPSA) is 58.2 Å². The summed E-state index contributed by atoms with van der Waals surface area (Å²) >= 11 is 0. The Morgan fingerprint density at radius 2 is 1.64 bits per heavy atom. The average Bonchev–Trinajstić information content (AvgIpc) is 2.62. The van der Waals surface area contributed by atoms with Gasteiger partial charge in [0.05, 0.1) is 0 Å². The fourth-order valence-electron chi connectivity index (χ4n) is 3.50. The second kappa shape index (κ2) is 9.59. The molecule has 1 aromatic rings. The molecule has 0 radical (unpaired) electrons. The van der Waals surface area contributed by atoms with Crippen LogP contribution in [-0.4, -0.2) is 18.4 Å². The van der Waals surface area contributed by atoms with Gasteiger partial charge in [-0.2, -0.15) is 0 Å². The van der Waals surface area contributed by atoms with E-state index in [1.807, 2.05) is 18.2 Å². The minimum atomic E-state index is 0.0138. The van der Waals surface area contributed by atoms with E-state index in [0.29, 0.717) is 5.92 Å². The third-order valence-corrected chi connectivity index (χ3v) is 5.14. The molecule has 0 aromatic heterocycles. The van der Waals surface area contributed by atoms with Crippen LogP contribution in [0.5, 0.6) is 0 Å². The maximum absolute atomic E-state index is 12.6. The minimum Gasteiger partial charge on any atom is -0.356 e. The van der Waals surface area contributed by atoms with Gasteiger partial charge in [0.1, 0.15) is 0 Å². The van der Waals surface area contributed by atoms with Crippen LogP contribution >= 0.6 is 0 Å². The van der Waals surface area contributed by atoms with Gasteiger partial charge in [-0.3, -0.25) is 9.59 Å². The minimum absolute atomic E-state index is 0.0138. The third-order valence-electron chi connectivity index (χ3n) is 5.14. The number of amides is 2. The molecule has 1 aliphatic carbocycles. The second-order valence-electron chi connectivity index (χ2n) is 7.42. The highest BCUT2D eigenvalue weighted by Gasteiger charge is 2.30. The van der Waals surface area contributed by atoms with Gasteiger partial charge in [-0.05, 0) is 49.7 Å². The van der Waals surface area contributed by atoms with E-state index >= 15 is 0 Å². The molecule has 138 valence electrons. The molecule has 0 bridgehead atoms. The largest absolute Gasteiger partial charge is 0.356 e. The quantitative estimate of drug-likeness (QED) is 0.717. The lowest BCUT2D eigenvalue weighted by atomic mass is 9.81. The van der Waals surface area contributed by atoms with Crippen molar-refractivity contribution in [1.82, 2.24) is 5.32 Å². The summed E-state index contributed by atoms with van der Waals surface area (Å²) in [6.45, 7) is 7.15. The highest BCUT2D eigenvalue weighted by atomic mass is 16.2. The van der Waals surface area contributed by atoms with Gasteiger partial charge in [-0.25, -0.2) is 0 Å². The van der Waals surface area contributed by atoms with Crippen molar-refractivity contribution in [2.75, 3.05) is 11.9 Å². The molecule has 0 spiro atoms. The zero-order valence-corrected chi connectivity index (χ0v) is 15.8. The van der Waals surface area contributed by atoms with Gasteiger partial charge in [-0.15, -0.1) is 0 Å². The second-order valence-corrected chi connectivity index (χ2v) is 7.42. The summed E-state index contributed by atoms with van der Waals surface area (Å²) in [5.41, 5.74) is 2.08. The number of nitrogens with one attached hydrogen (secondary N) is 2. The molecule has 4 nitrogen and oxygen atoms in total. The molecule has 0 heterocycles. The molecular weight excluding hydrogens is 312 g/mol. The number of unbranched alkanes of at least 4 members (excludes halogenated alkanes) is 1. The Morgan fingerprint density at radius 1 is 1.04 bits per heavy atom. The number of carbonyl (C=O) groups is 2. The fourth-order valence-corrected chi connectivity index (χ4v) is 3.50. The molecule has 2 N–H and O–H groups in total. The molecule has 25 heavy (non-hydrogen) atoms. The van der Waals surface area contributed by atoms with Crippen LogP contribution in [0.15, 0.2) is 24.3 Å². The highest BCUT2D eigenvalue weighted by Crippen LogP contribution is 2.31. The van der Waals surface area contributed by atoms with Gasteiger partial charge in [-0.1, -0.05) is 45.4 Å². The predicted molar refractivity (Wildman–Crippen MR) is 103 cm³/mol. The van der Waals surface area contributed by atoms with Crippen molar-refractivity contribution in [1.29, 1.82) is 0 Å². The molecule has 1 aliphatic rings. The molecule has 1 saturated carbocycles. The van der Waals surface area contributed by atoms with Crippen molar-refractivity contribution < 1.29 is 9.59 Å². The van der Waals surface area contributed by atoms with Crippen molar-refractivity contribution in [2.45, 2.75) is 65.2 Å². The van der Waals surface area contributed by atoms with Crippen LogP contribution < -0.4 is 10.6 Å². The molecule has 0 aliphatic heterocycles.